The standard InChI is InChI=1S/C18H16F5NO/c1-11(7-12-3-2-4-14(19)8-12)17(25)24-10-13-5-6-15(20)9-16(13)18(21,22)23/h2-6,8-9,11H,7,10H2,1H3,(H,24,25). The first-order valence-electron chi connectivity index (χ1n) is 7.54. The highest BCUT2D eigenvalue weighted by atomic mass is 19.4. The molecule has 2 nitrogen and oxygen atoms in total. The Morgan fingerprint density at radius 2 is 1.76 bits per heavy atom. The van der Waals surface area contributed by atoms with Crippen molar-refractivity contribution in [1.82, 2.24) is 5.32 Å². The fraction of sp³-hybridized carbons (Fsp3) is 0.278. The fourth-order valence-electron chi connectivity index (χ4n) is 2.43. The van der Waals surface area contributed by atoms with Crippen LogP contribution in [0.1, 0.15) is 23.6 Å². The lowest BCUT2D eigenvalue weighted by atomic mass is 10.00. The number of halogens is 5. The zero-order chi connectivity index (χ0) is 18.6. The molecule has 0 heterocycles. The lowest BCUT2D eigenvalue weighted by molar-refractivity contribution is -0.138. The van der Waals surface area contributed by atoms with E-state index in [-0.39, 0.29) is 18.5 Å². The summed E-state index contributed by atoms with van der Waals surface area (Å²) in [5.41, 5.74) is -0.730. The molecule has 0 saturated heterocycles. The second kappa shape index (κ2) is 7.63. The maximum absolute atomic E-state index is 13.1. The zero-order valence-electron chi connectivity index (χ0n) is 13.3. The minimum absolute atomic E-state index is 0.222. The Labute approximate surface area is 141 Å². The van der Waals surface area contributed by atoms with Gasteiger partial charge in [-0.2, -0.15) is 13.2 Å². The third-order valence-electron chi connectivity index (χ3n) is 3.71. The van der Waals surface area contributed by atoms with Crippen LogP contribution in [0, 0.1) is 17.6 Å². The van der Waals surface area contributed by atoms with E-state index in [1.165, 1.54) is 18.2 Å². The van der Waals surface area contributed by atoms with Crippen molar-refractivity contribution in [2.45, 2.75) is 26.1 Å². The molecular weight excluding hydrogens is 341 g/mol. The van der Waals surface area contributed by atoms with E-state index in [4.69, 9.17) is 0 Å². The summed E-state index contributed by atoms with van der Waals surface area (Å²) in [6.45, 7) is 1.22. The predicted octanol–water partition coefficient (Wildman–Crippen LogP) is 4.48. The normalized spacial score (nSPS) is 12.7. The monoisotopic (exact) mass is 357 g/mol. The van der Waals surface area contributed by atoms with E-state index >= 15 is 0 Å². The molecule has 0 aliphatic heterocycles. The van der Waals surface area contributed by atoms with E-state index in [0.29, 0.717) is 11.6 Å². The summed E-state index contributed by atoms with van der Waals surface area (Å²) in [5.74, 6) is -2.45. The molecule has 2 rings (SSSR count). The number of alkyl halides is 3. The minimum atomic E-state index is -4.71. The average Bonchev–Trinajstić information content (AvgIpc) is 2.52. The molecule has 1 N–H and O–H groups in total. The molecule has 1 amide bonds. The molecule has 0 aliphatic carbocycles. The van der Waals surface area contributed by atoms with Gasteiger partial charge in [-0.3, -0.25) is 4.79 Å². The zero-order valence-corrected chi connectivity index (χ0v) is 13.3. The quantitative estimate of drug-likeness (QED) is 0.786. The summed E-state index contributed by atoms with van der Waals surface area (Å²) in [7, 11) is 0. The van der Waals surface area contributed by atoms with Crippen LogP contribution >= 0.6 is 0 Å². The lowest BCUT2D eigenvalue weighted by Gasteiger charge is -2.16. The summed E-state index contributed by atoms with van der Waals surface area (Å²) >= 11 is 0. The van der Waals surface area contributed by atoms with Gasteiger partial charge in [0.25, 0.3) is 0 Å². The van der Waals surface area contributed by atoms with Crippen LogP contribution in [0.2, 0.25) is 0 Å². The van der Waals surface area contributed by atoms with E-state index in [0.717, 1.165) is 12.1 Å². The molecule has 2 aromatic carbocycles. The van der Waals surface area contributed by atoms with Crippen molar-refractivity contribution in [1.29, 1.82) is 0 Å². The first-order chi connectivity index (χ1) is 11.7. The van der Waals surface area contributed by atoms with Gasteiger partial charge < -0.3 is 5.32 Å². The van der Waals surface area contributed by atoms with E-state index < -0.39 is 35.2 Å². The number of carbonyl (C=O) groups is 1. The van der Waals surface area contributed by atoms with E-state index in [1.54, 1.807) is 13.0 Å². The summed E-state index contributed by atoms with van der Waals surface area (Å²) < 4.78 is 65.0. The summed E-state index contributed by atoms with van der Waals surface area (Å²) in [5, 5.41) is 2.41. The van der Waals surface area contributed by atoms with Crippen molar-refractivity contribution >= 4 is 5.91 Å². The van der Waals surface area contributed by atoms with Crippen molar-refractivity contribution in [3.63, 3.8) is 0 Å². The van der Waals surface area contributed by atoms with Gasteiger partial charge in [0.2, 0.25) is 5.91 Å². The van der Waals surface area contributed by atoms with Gasteiger partial charge in [0.15, 0.2) is 0 Å². The first-order valence-corrected chi connectivity index (χ1v) is 7.54. The van der Waals surface area contributed by atoms with Crippen LogP contribution < -0.4 is 5.32 Å². The molecule has 1 unspecified atom stereocenters. The molecular formula is C18H16F5NO. The molecule has 0 radical (unpaired) electrons. The lowest BCUT2D eigenvalue weighted by Crippen LogP contribution is -2.30. The van der Waals surface area contributed by atoms with Crippen LogP contribution in [0.4, 0.5) is 22.0 Å². The highest BCUT2D eigenvalue weighted by molar-refractivity contribution is 5.78. The highest BCUT2D eigenvalue weighted by Crippen LogP contribution is 2.32. The molecule has 0 spiro atoms. The second-order valence-corrected chi connectivity index (χ2v) is 5.75. The molecule has 0 aliphatic rings. The topological polar surface area (TPSA) is 29.1 Å². The van der Waals surface area contributed by atoms with Crippen molar-refractivity contribution in [2.24, 2.45) is 5.92 Å². The van der Waals surface area contributed by atoms with E-state index in [2.05, 4.69) is 5.32 Å². The summed E-state index contributed by atoms with van der Waals surface area (Å²) in [6, 6.07) is 8.06. The van der Waals surface area contributed by atoms with Gasteiger partial charge >= 0.3 is 6.18 Å². The number of carbonyl (C=O) groups excluding carboxylic acids is 1. The van der Waals surface area contributed by atoms with Gasteiger partial charge in [0, 0.05) is 12.5 Å². The van der Waals surface area contributed by atoms with Crippen molar-refractivity contribution in [3.8, 4) is 0 Å². The molecule has 0 fully saturated rings. The molecule has 1 atom stereocenters. The number of hydrogen-bond acceptors (Lipinski definition) is 1. The first kappa shape index (κ1) is 18.9. The van der Waals surface area contributed by atoms with E-state index in [9.17, 15) is 26.7 Å². The van der Waals surface area contributed by atoms with Gasteiger partial charge in [0.1, 0.15) is 11.6 Å². The van der Waals surface area contributed by atoms with Crippen LogP contribution in [0.15, 0.2) is 42.5 Å². The molecule has 0 aromatic heterocycles. The van der Waals surface area contributed by atoms with Crippen molar-refractivity contribution < 1.29 is 26.7 Å². The SMILES string of the molecule is CC(Cc1cccc(F)c1)C(=O)NCc1ccc(F)cc1C(F)(F)F. The van der Waals surface area contributed by atoms with Crippen LogP contribution in [0.3, 0.4) is 0 Å². The molecule has 0 bridgehead atoms. The molecule has 7 heteroatoms. The highest BCUT2D eigenvalue weighted by Gasteiger charge is 2.33. The van der Waals surface area contributed by atoms with Gasteiger partial charge in [-0.15, -0.1) is 0 Å². The number of benzene rings is 2. The maximum atomic E-state index is 13.1. The Kier molecular flexibility index (Phi) is 5.77. The van der Waals surface area contributed by atoms with Crippen LogP contribution in [0.25, 0.3) is 0 Å². The second-order valence-electron chi connectivity index (χ2n) is 5.75. The van der Waals surface area contributed by atoms with Gasteiger partial charge in [-0.1, -0.05) is 25.1 Å². The number of nitrogens with one attached hydrogen (secondary N) is 1. The van der Waals surface area contributed by atoms with Gasteiger partial charge in [-0.25, -0.2) is 8.78 Å². The van der Waals surface area contributed by atoms with Crippen molar-refractivity contribution in [2.75, 3.05) is 0 Å². The van der Waals surface area contributed by atoms with Crippen LogP contribution in [-0.2, 0) is 23.9 Å². The number of hydrogen-bond donors (Lipinski definition) is 1. The summed E-state index contributed by atoms with van der Waals surface area (Å²) in [4.78, 5) is 12.1. The largest absolute Gasteiger partial charge is 0.416 e. The third-order valence-corrected chi connectivity index (χ3v) is 3.71. The van der Waals surface area contributed by atoms with Crippen LogP contribution in [-0.4, -0.2) is 5.91 Å². The molecule has 134 valence electrons. The Balaban J connectivity index is 2.02. The fourth-order valence-corrected chi connectivity index (χ4v) is 2.43. The maximum Gasteiger partial charge on any atom is 0.416 e. The Hall–Kier alpha value is -2.44. The minimum Gasteiger partial charge on any atom is -0.352 e. The Bertz CT molecular complexity index is 757. The summed E-state index contributed by atoms with van der Waals surface area (Å²) in [6.07, 6.45) is -4.46. The number of rotatable bonds is 5. The van der Waals surface area contributed by atoms with Crippen LogP contribution in [0.5, 0.6) is 0 Å². The van der Waals surface area contributed by atoms with Gasteiger partial charge in [0.05, 0.1) is 5.56 Å². The third kappa shape index (κ3) is 5.27. The van der Waals surface area contributed by atoms with E-state index in [1.807, 2.05) is 0 Å². The Morgan fingerprint density at radius 1 is 1.08 bits per heavy atom. The van der Waals surface area contributed by atoms with Gasteiger partial charge in [-0.05, 0) is 41.8 Å². The smallest absolute Gasteiger partial charge is 0.352 e. The van der Waals surface area contributed by atoms with Crippen molar-refractivity contribution in [3.05, 3.63) is 70.8 Å². The number of amides is 1. The Morgan fingerprint density at radius 3 is 2.40 bits per heavy atom. The molecule has 25 heavy (non-hydrogen) atoms. The predicted molar refractivity (Wildman–Crippen MR) is 82.5 cm³/mol. The molecule has 2 aromatic rings. The molecule has 0 saturated carbocycles. The average molecular weight is 357 g/mol.